The highest BCUT2D eigenvalue weighted by Gasteiger charge is 2.18. The first kappa shape index (κ1) is 11.2. The number of aromatic carboxylic acids is 1. The molecule has 0 aliphatic rings. The lowest BCUT2D eigenvalue weighted by Crippen LogP contribution is -1.99. The average molecular weight is 281 g/mol. The molecule has 5 nitrogen and oxygen atoms in total. The average Bonchev–Trinajstić information content (AvgIpc) is 2.68. The van der Waals surface area contributed by atoms with Crippen LogP contribution < -0.4 is 0 Å². The van der Waals surface area contributed by atoms with Crippen LogP contribution in [0.5, 0.6) is 5.75 Å². The molecule has 0 fully saturated rings. The number of nitrogens with zero attached hydrogens (tertiary/aromatic N) is 2. The van der Waals surface area contributed by atoms with Gasteiger partial charge in [0.15, 0.2) is 11.4 Å². The van der Waals surface area contributed by atoms with Gasteiger partial charge in [-0.05, 0) is 6.07 Å². The number of aromatic nitrogens is 2. The lowest BCUT2D eigenvalue weighted by atomic mass is 10.2. The van der Waals surface area contributed by atoms with Crippen LogP contribution in [0, 0.1) is 0 Å². The van der Waals surface area contributed by atoms with Crippen molar-refractivity contribution in [2.24, 2.45) is 0 Å². The molecule has 0 saturated carbocycles. The predicted molar refractivity (Wildman–Crippen MR) is 68.6 cm³/mol. The van der Waals surface area contributed by atoms with E-state index in [1.807, 2.05) is 0 Å². The summed E-state index contributed by atoms with van der Waals surface area (Å²) in [5.41, 5.74) is -0.354. The molecule has 18 heavy (non-hydrogen) atoms. The normalized spacial score (nSPS) is 11.2. The van der Waals surface area contributed by atoms with Crippen molar-refractivity contribution in [1.82, 2.24) is 9.97 Å². The zero-order chi connectivity index (χ0) is 12.9. The van der Waals surface area contributed by atoms with Gasteiger partial charge in [0.25, 0.3) is 0 Å². The summed E-state index contributed by atoms with van der Waals surface area (Å²) >= 11 is 7.07. The maximum Gasteiger partial charge on any atom is 0.358 e. The van der Waals surface area contributed by atoms with Crippen LogP contribution in [0.1, 0.15) is 10.5 Å². The molecule has 0 amide bonds. The van der Waals surface area contributed by atoms with Gasteiger partial charge in [-0.1, -0.05) is 11.6 Å². The largest absolute Gasteiger partial charge is 0.504 e. The Balaban J connectivity index is 2.47. The monoisotopic (exact) mass is 280 g/mol. The molecule has 0 aromatic carbocycles. The van der Waals surface area contributed by atoms with E-state index in [9.17, 15) is 9.90 Å². The van der Waals surface area contributed by atoms with Gasteiger partial charge in [0.1, 0.15) is 5.15 Å². The van der Waals surface area contributed by atoms with Crippen molar-refractivity contribution in [2.45, 2.75) is 0 Å². The van der Waals surface area contributed by atoms with Crippen LogP contribution in [0.25, 0.3) is 20.2 Å². The smallest absolute Gasteiger partial charge is 0.358 e. The lowest BCUT2D eigenvalue weighted by Gasteiger charge is -1.99. The summed E-state index contributed by atoms with van der Waals surface area (Å²) in [6, 6.07) is 1.66. The second-order valence-corrected chi connectivity index (χ2v) is 5.05. The zero-order valence-corrected chi connectivity index (χ0v) is 10.3. The number of carboxylic acid groups (broad SMARTS) is 1. The van der Waals surface area contributed by atoms with Gasteiger partial charge >= 0.3 is 5.97 Å². The first-order chi connectivity index (χ1) is 8.58. The van der Waals surface area contributed by atoms with E-state index in [1.54, 1.807) is 12.3 Å². The third-order valence-electron chi connectivity index (χ3n) is 2.55. The van der Waals surface area contributed by atoms with Crippen LogP contribution in [0.15, 0.2) is 18.5 Å². The van der Waals surface area contributed by atoms with E-state index in [0.717, 1.165) is 10.1 Å². The van der Waals surface area contributed by atoms with Crippen molar-refractivity contribution in [3.8, 4) is 5.75 Å². The molecule has 0 unspecified atom stereocenters. The number of carboxylic acids is 1. The summed E-state index contributed by atoms with van der Waals surface area (Å²) in [5.74, 6) is -1.58. The summed E-state index contributed by atoms with van der Waals surface area (Å²) in [6.07, 6.45) is 3.01. The zero-order valence-electron chi connectivity index (χ0n) is 8.72. The molecule has 0 spiro atoms. The number of carbonyl (C=O) groups is 1. The molecular weight excluding hydrogens is 276 g/mol. The lowest BCUT2D eigenvalue weighted by molar-refractivity contribution is 0.0687. The van der Waals surface area contributed by atoms with E-state index in [4.69, 9.17) is 16.7 Å². The van der Waals surface area contributed by atoms with Gasteiger partial charge in [-0.15, -0.1) is 11.3 Å². The molecule has 0 radical (unpaired) electrons. The van der Waals surface area contributed by atoms with E-state index in [2.05, 4.69) is 9.97 Å². The summed E-state index contributed by atoms with van der Waals surface area (Å²) < 4.78 is 1.29. The second kappa shape index (κ2) is 3.79. The van der Waals surface area contributed by atoms with Crippen molar-refractivity contribution < 1.29 is 15.0 Å². The van der Waals surface area contributed by atoms with Crippen LogP contribution in [-0.4, -0.2) is 26.2 Å². The fourth-order valence-electron chi connectivity index (χ4n) is 1.75. The molecule has 0 saturated heterocycles. The third kappa shape index (κ3) is 1.50. The van der Waals surface area contributed by atoms with Gasteiger partial charge in [0, 0.05) is 23.2 Å². The highest BCUT2D eigenvalue weighted by Crippen LogP contribution is 2.39. The van der Waals surface area contributed by atoms with Crippen molar-refractivity contribution >= 4 is 49.1 Å². The number of fused-ring (bicyclic) bond motifs is 3. The Labute approximate surface area is 109 Å². The van der Waals surface area contributed by atoms with Crippen molar-refractivity contribution in [1.29, 1.82) is 0 Å². The molecule has 3 rings (SSSR count). The van der Waals surface area contributed by atoms with E-state index in [1.165, 1.54) is 17.5 Å². The Morgan fingerprint density at radius 2 is 2.06 bits per heavy atom. The van der Waals surface area contributed by atoms with Crippen LogP contribution in [0.2, 0.25) is 5.15 Å². The number of thiophene rings is 1. The highest BCUT2D eigenvalue weighted by atomic mass is 35.5. The fourth-order valence-corrected chi connectivity index (χ4v) is 2.98. The Kier molecular flexibility index (Phi) is 2.36. The number of rotatable bonds is 1. The molecule has 3 heterocycles. The molecule has 3 aromatic heterocycles. The van der Waals surface area contributed by atoms with Gasteiger partial charge in [0.05, 0.1) is 9.40 Å². The molecule has 7 heteroatoms. The first-order valence-electron chi connectivity index (χ1n) is 4.87. The summed E-state index contributed by atoms with van der Waals surface area (Å²) in [5, 5.41) is 20.6. The maximum absolute atomic E-state index is 10.9. The van der Waals surface area contributed by atoms with E-state index < -0.39 is 5.97 Å². The quantitative estimate of drug-likeness (QED) is 0.670. The van der Waals surface area contributed by atoms with Crippen molar-refractivity contribution in [2.75, 3.05) is 0 Å². The molecule has 3 aromatic rings. The van der Waals surface area contributed by atoms with Gasteiger partial charge in [-0.25, -0.2) is 14.8 Å². The van der Waals surface area contributed by atoms with Gasteiger partial charge < -0.3 is 10.2 Å². The van der Waals surface area contributed by atoms with E-state index in [-0.39, 0.29) is 11.4 Å². The van der Waals surface area contributed by atoms with Crippen LogP contribution in [0.4, 0.5) is 0 Å². The third-order valence-corrected chi connectivity index (χ3v) is 3.91. The minimum Gasteiger partial charge on any atom is -0.504 e. The summed E-state index contributed by atoms with van der Waals surface area (Å²) in [4.78, 5) is 18.6. The molecule has 0 aliphatic carbocycles. The summed E-state index contributed by atoms with van der Waals surface area (Å²) in [6.45, 7) is 0. The van der Waals surface area contributed by atoms with E-state index >= 15 is 0 Å². The SMILES string of the molecule is O=C(O)c1ncc2c(sc3cnc(Cl)cc32)c1O. The van der Waals surface area contributed by atoms with Crippen LogP contribution in [-0.2, 0) is 0 Å². The number of hydrogen-bond donors (Lipinski definition) is 2. The Hall–Kier alpha value is -1.92. The minimum atomic E-state index is -1.26. The van der Waals surface area contributed by atoms with Crippen molar-refractivity contribution in [3.05, 3.63) is 29.3 Å². The van der Waals surface area contributed by atoms with Gasteiger partial charge in [-0.3, -0.25) is 0 Å². The molecular formula is C11H5ClN2O3S. The Morgan fingerprint density at radius 3 is 2.78 bits per heavy atom. The van der Waals surface area contributed by atoms with Crippen LogP contribution in [0.3, 0.4) is 0 Å². The van der Waals surface area contributed by atoms with E-state index in [0.29, 0.717) is 15.2 Å². The summed E-state index contributed by atoms with van der Waals surface area (Å²) in [7, 11) is 0. The van der Waals surface area contributed by atoms with Gasteiger partial charge in [0.2, 0.25) is 0 Å². The standard InChI is InChI=1S/C11H5ClN2O3S/c12-7-1-4-5-2-14-8(11(16)17)9(15)10(5)18-6(4)3-13-7/h1-3,15H,(H,16,17). The number of halogens is 1. The van der Waals surface area contributed by atoms with Crippen molar-refractivity contribution in [3.63, 3.8) is 0 Å². The van der Waals surface area contributed by atoms with Gasteiger partial charge in [-0.2, -0.15) is 0 Å². The molecule has 0 bridgehead atoms. The highest BCUT2D eigenvalue weighted by molar-refractivity contribution is 7.26. The minimum absolute atomic E-state index is 0.322. The second-order valence-electron chi connectivity index (χ2n) is 3.61. The molecule has 0 atom stereocenters. The van der Waals surface area contributed by atoms with Crippen LogP contribution >= 0.6 is 22.9 Å². The Bertz CT molecular complexity index is 800. The first-order valence-corrected chi connectivity index (χ1v) is 6.06. The predicted octanol–water partition coefficient (Wildman–Crippen LogP) is 2.90. The maximum atomic E-state index is 10.9. The molecule has 90 valence electrons. The number of aromatic hydroxyl groups is 1. The fraction of sp³-hybridized carbons (Fsp3) is 0. The topological polar surface area (TPSA) is 83.3 Å². The molecule has 2 N–H and O–H groups in total. The molecule has 0 aliphatic heterocycles. The Morgan fingerprint density at radius 1 is 1.28 bits per heavy atom. The number of pyridine rings is 2. The number of hydrogen-bond acceptors (Lipinski definition) is 5.